The fourth-order valence-corrected chi connectivity index (χ4v) is 2.66. The van der Waals surface area contributed by atoms with Crippen LogP contribution in [0.3, 0.4) is 0 Å². The number of hydrogen-bond donors (Lipinski definition) is 2. The largest absolute Gasteiger partial charge is 0.481 e. The molecule has 92 valence electrons. The van der Waals surface area contributed by atoms with Crippen LogP contribution in [0.25, 0.3) is 0 Å². The molecule has 1 aliphatic rings. The van der Waals surface area contributed by atoms with E-state index < -0.39 is 5.97 Å². The molecule has 0 amide bonds. The summed E-state index contributed by atoms with van der Waals surface area (Å²) in [6.45, 7) is 2.44. The molecule has 1 unspecified atom stereocenters. The van der Waals surface area contributed by atoms with Gasteiger partial charge in [-0.05, 0) is 28.1 Å². The van der Waals surface area contributed by atoms with E-state index in [-0.39, 0.29) is 12.5 Å². The van der Waals surface area contributed by atoms with Crippen molar-refractivity contribution in [1.82, 2.24) is 5.32 Å². The molecule has 0 radical (unpaired) electrons. The van der Waals surface area contributed by atoms with Gasteiger partial charge in [0.1, 0.15) is 0 Å². The van der Waals surface area contributed by atoms with Gasteiger partial charge in [-0.3, -0.25) is 4.79 Å². The lowest BCUT2D eigenvalue weighted by atomic mass is 10.1. The van der Waals surface area contributed by atoms with Crippen LogP contribution in [0.5, 0.6) is 0 Å². The third-order valence-electron chi connectivity index (χ3n) is 2.92. The van der Waals surface area contributed by atoms with Gasteiger partial charge < -0.3 is 15.3 Å². The summed E-state index contributed by atoms with van der Waals surface area (Å²) in [4.78, 5) is 13.0. The highest BCUT2D eigenvalue weighted by atomic mass is 79.9. The van der Waals surface area contributed by atoms with Gasteiger partial charge in [-0.25, -0.2) is 0 Å². The number of carboxylic acids is 1. The molecule has 1 aromatic carbocycles. The standard InChI is InChI=1S/C12H15BrN2O2/c13-10-3-1-2-4-11(10)15-6-5-14-8-9(15)7-12(16)17/h1-4,9,14H,5-8H2,(H,16,17). The number of anilines is 1. The lowest BCUT2D eigenvalue weighted by Crippen LogP contribution is -2.52. The van der Waals surface area contributed by atoms with Crippen LogP contribution in [-0.2, 0) is 4.79 Å². The minimum atomic E-state index is -0.754. The van der Waals surface area contributed by atoms with Gasteiger partial charge in [0.2, 0.25) is 0 Å². The zero-order valence-corrected chi connectivity index (χ0v) is 11.0. The van der Waals surface area contributed by atoms with Crippen LogP contribution in [0, 0.1) is 0 Å². The average Bonchev–Trinajstić information content (AvgIpc) is 2.30. The summed E-state index contributed by atoms with van der Waals surface area (Å²) in [5.74, 6) is -0.754. The van der Waals surface area contributed by atoms with Gasteiger partial charge in [0.05, 0.1) is 18.2 Å². The molecular weight excluding hydrogens is 284 g/mol. The van der Waals surface area contributed by atoms with Crippen LogP contribution in [0.4, 0.5) is 5.69 Å². The van der Waals surface area contributed by atoms with Gasteiger partial charge in [-0.1, -0.05) is 12.1 Å². The summed E-state index contributed by atoms with van der Waals surface area (Å²) >= 11 is 3.52. The minimum absolute atomic E-state index is 0.0138. The highest BCUT2D eigenvalue weighted by Crippen LogP contribution is 2.28. The molecule has 1 aromatic rings. The maximum atomic E-state index is 10.9. The van der Waals surface area contributed by atoms with Crippen molar-refractivity contribution in [1.29, 1.82) is 0 Å². The monoisotopic (exact) mass is 298 g/mol. The van der Waals surface area contributed by atoms with Gasteiger partial charge >= 0.3 is 5.97 Å². The van der Waals surface area contributed by atoms with Crippen molar-refractivity contribution >= 4 is 27.6 Å². The van der Waals surface area contributed by atoms with Gasteiger partial charge in [0, 0.05) is 24.1 Å². The third-order valence-corrected chi connectivity index (χ3v) is 3.59. The van der Waals surface area contributed by atoms with Crippen molar-refractivity contribution in [3.63, 3.8) is 0 Å². The normalized spacial score (nSPS) is 20.3. The van der Waals surface area contributed by atoms with Crippen LogP contribution in [-0.4, -0.2) is 36.8 Å². The number of rotatable bonds is 3. The predicted octanol–water partition coefficient (Wildman–Crippen LogP) is 1.70. The number of nitrogens with one attached hydrogen (secondary N) is 1. The van der Waals surface area contributed by atoms with Crippen LogP contribution in [0.15, 0.2) is 28.7 Å². The molecule has 1 atom stereocenters. The lowest BCUT2D eigenvalue weighted by molar-refractivity contribution is -0.137. The fraction of sp³-hybridized carbons (Fsp3) is 0.417. The number of hydrogen-bond acceptors (Lipinski definition) is 3. The predicted molar refractivity (Wildman–Crippen MR) is 70.4 cm³/mol. The van der Waals surface area contributed by atoms with E-state index >= 15 is 0 Å². The maximum absolute atomic E-state index is 10.9. The van der Waals surface area contributed by atoms with E-state index in [1.54, 1.807) is 0 Å². The molecule has 2 rings (SSSR count). The fourth-order valence-electron chi connectivity index (χ4n) is 2.15. The number of aliphatic carboxylic acids is 1. The van der Waals surface area contributed by atoms with E-state index in [9.17, 15) is 4.79 Å². The summed E-state index contributed by atoms with van der Waals surface area (Å²) < 4.78 is 1.01. The second-order valence-corrected chi connectivity index (χ2v) is 4.95. The number of benzene rings is 1. The number of halogens is 1. The Morgan fingerprint density at radius 2 is 2.29 bits per heavy atom. The highest BCUT2D eigenvalue weighted by Gasteiger charge is 2.25. The molecule has 17 heavy (non-hydrogen) atoms. The number of carboxylic acid groups (broad SMARTS) is 1. The summed E-state index contributed by atoms with van der Waals surface area (Å²) in [6.07, 6.45) is 0.161. The Labute approximate surface area is 109 Å². The summed E-state index contributed by atoms with van der Waals surface area (Å²) in [5.41, 5.74) is 1.07. The second kappa shape index (κ2) is 5.51. The molecule has 5 heteroatoms. The summed E-state index contributed by atoms with van der Waals surface area (Å²) in [6, 6.07) is 7.95. The Bertz CT molecular complexity index is 411. The Morgan fingerprint density at radius 3 is 3.00 bits per heavy atom. The van der Waals surface area contributed by atoms with E-state index in [4.69, 9.17) is 5.11 Å². The van der Waals surface area contributed by atoms with Crippen molar-refractivity contribution in [3.8, 4) is 0 Å². The molecular formula is C12H15BrN2O2. The molecule has 1 heterocycles. The Morgan fingerprint density at radius 1 is 1.53 bits per heavy atom. The first-order valence-electron chi connectivity index (χ1n) is 5.62. The van der Waals surface area contributed by atoms with E-state index in [0.29, 0.717) is 6.54 Å². The Hall–Kier alpha value is -1.07. The number of para-hydroxylation sites is 1. The first-order valence-corrected chi connectivity index (χ1v) is 6.41. The minimum Gasteiger partial charge on any atom is -0.481 e. The molecule has 0 aliphatic carbocycles. The van der Waals surface area contributed by atoms with E-state index in [2.05, 4.69) is 26.1 Å². The van der Waals surface area contributed by atoms with Crippen LogP contribution in [0.1, 0.15) is 6.42 Å². The van der Waals surface area contributed by atoms with Crippen molar-refractivity contribution in [2.75, 3.05) is 24.5 Å². The Balaban J connectivity index is 2.21. The van der Waals surface area contributed by atoms with Gasteiger partial charge in [-0.2, -0.15) is 0 Å². The molecule has 0 spiro atoms. The van der Waals surface area contributed by atoms with E-state index in [1.807, 2.05) is 24.3 Å². The number of nitrogens with zero attached hydrogens (tertiary/aromatic N) is 1. The maximum Gasteiger partial charge on any atom is 0.305 e. The molecule has 4 nitrogen and oxygen atoms in total. The van der Waals surface area contributed by atoms with E-state index in [0.717, 1.165) is 23.2 Å². The third kappa shape index (κ3) is 2.98. The van der Waals surface area contributed by atoms with E-state index in [1.165, 1.54) is 0 Å². The number of piperazine rings is 1. The molecule has 0 saturated carbocycles. The molecule has 1 fully saturated rings. The lowest BCUT2D eigenvalue weighted by Gasteiger charge is -2.37. The van der Waals surface area contributed by atoms with Crippen molar-refractivity contribution in [2.45, 2.75) is 12.5 Å². The average molecular weight is 299 g/mol. The highest BCUT2D eigenvalue weighted by molar-refractivity contribution is 9.10. The Kier molecular flexibility index (Phi) is 4.02. The molecule has 0 bridgehead atoms. The van der Waals surface area contributed by atoms with Gasteiger partial charge in [0.25, 0.3) is 0 Å². The quantitative estimate of drug-likeness (QED) is 0.892. The van der Waals surface area contributed by atoms with Crippen molar-refractivity contribution in [3.05, 3.63) is 28.7 Å². The zero-order chi connectivity index (χ0) is 12.3. The molecule has 0 aromatic heterocycles. The molecule has 2 N–H and O–H groups in total. The first kappa shape index (κ1) is 12.4. The van der Waals surface area contributed by atoms with Crippen molar-refractivity contribution in [2.24, 2.45) is 0 Å². The number of carbonyl (C=O) groups is 1. The molecule has 1 saturated heterocycles. The SMILES string of the molecule is O=C(O)CC1CNCCN1c1ccccc1Br. The van der Waals surface area contributed by atoms with Gasteiger partial charge in [0.15, 0.2) is 0 Å². The summed E-state index contributed by atoms with van der Waals surface area (Å²) in [7, 11) is 0. The van der Waals surface area contributed by atoms with Crippen LogP contribution in [0.2, 0.25) is 0 Å². The second-order valence-electron chi connectivity index (χ2n) is 4.10. The van der Waals surface area contributed by atoms with Crippen LogP contribution >= 0.6 is 15.9 Å². The topological polar surface area (TPSA) is 52.6 Å². The zero-order valence-electron chi connectivity index (χ0n) is 9.40. The smallest absolute Gasteiger partial charge is 0.305 e. The molecule has 1 aliphatic heterocycles. The van der Waals surface area contributed by atoms with Gasteiger partial charge in [-0.15, -0.1) is 0 Å². The van der Waals surface area contributed by atoms with Crippen LogP contribution < -0.4 is 10.2 Å². The summed E-state index contributed by atoms with van der Waals surface area (Å²) in [5, 5.41) is 12.2. The first-order chi connectivity index (χ1) is 8.18. The van der Waals surface area contributed by atoms with Crippen molar-refractivity contribution < 1.29 is 9.90 Å².